The number of aliphatic hydroxyl groups excluding tert-OH is 2. The molecule has 3 heteroatoms. The van der Waals surface area contributed by atoms with Gasteiger partial charge in [0.25, 0.3) is 0 Å². The summed E-state index contributed by atoms with van der Waals surface area (Å²) in [5.41, 5.74) is 3.73. The van der Waals surface area contributed by atoms with E-state index in [0.29, 0.717) is 6.54 Å². The molecule has 3 nitrogen and oxygen atoms in total. The first-order valence-corrected chi connectivity index (χ1v) is 5.64. The summed E-state index contributed by atoms with van der Waals surface area (Å²) in [6, 6.07) is 6.52. The topological polar surface area (TPSA) is 52.5 Å². The van der Waals surface area contributed by atoms with Gasteiger partial charge in [0.2, 0.25) is 0 Å². The molecule has 0 aliphatic rings. The van der Waals surface area contributed by atoms with Gasteiger partial charge in [0, 0.05) is 12.6 Å². The molecule has 0 heterocycles. The van der Waals surface area contributed by atoms with Gasteiger partial charge in [-0.15, -0.1) is 0 Å². The van der Waals surface area contributed by atoms with Crippen molar-refractivity contribution in [3.05, 3.63) is 34.9 Å². The van der Waals surface area contributed by atoms with E-state index in [1.165, 1.54) is 16.7 Å². The normalized spacial score (nSPS) is 14.8. The minimum absolute atomic E-state index is 0.182. The van der Waals surface area contributed by atoms with Crippen molar-refractivity contribution in [3.63, 3.8) is 0 Å². The number of rotatable bonds is 5. The summed E-state index contributed by atoms with van der Waals surface area (Å²) in [6.45, 7) is 6.42. The molecule has 0 bridgehead atoms. The fourth-order valence-electron chi connectivity index (χ4n) is 1.80. The lowest BCUT2D eigenvalue weighted by Gasteiger charge is -2.18. The molecule has 0 amide bonds. The zero-order valence-corrected chi connectivity index (χ0v) is 10.2. The van der Waals surface area contributed by atoms with Gasteiger partial charge in [0.05, 0.1) is 12.7 Å². The lowest BCUT2D eigenvalue weighted by atomic mass is 10.0. The zero-order valence-electron chi connectivity index (χ0n) is 10.2. The van der Waals surface area contributed by atoms with Crippen LogP contribution in [0.4, 0.5) is 0 Å². The average molecular weight is 223 g/mol. The third kappa shape index (κ3) is 3.59. The van der Waals surface area contributed by atoms with Crippen LogP contribution in [0, 0.1) is 13.8 Å². The van der Waals surface area contributed by atoms with Gasteiger partial charge in [-0.1, -0.05) is 23.8 Å². The minimum atomic E-state index is -0.687. The highest BCUT2D eigenvalue weighted by atomic mass is 16.3. The predicted molar refractivity (Wildman–Crippen MR) is 65.4 cm³/mol. The Hall–Kier alpha value is -0.900. The summed E-state index contributed by atoms with van der Waals surface area (Å²) < 4.78 is 0. The maximum atomic E-state index is 9.25. The van der Waals surface area contributed by atoms with Crippen molar-refractivity contribution in [1.29, 1.82) is 0 Å². The van der Waals surface area contributed by atoms with Gasteiger partial charge >= 0.3 is 0 Å². The first-order valence-electron chi connectivity index (χ1n) is 5.64. The highest BCUT2D eigenvalue weighted by Crippen LogP contribution is 2.18. The van der Waals surface area contributed by atoms with Gasteiger partial charge in [-0.2, -0.15) is 0 Å². The van der Waals surface area contributed by atoms with Crippen LogP contribution in [-0.2, 0) is 0 Å². The average Bonchev–Trinajstić information content (AvgIpc) is 2.25. The monoisotopic (exact) mass is 223 g/mol. The molecule has 16 heavy (non-hydrogen) atoms. The van der Waals surface area contributed by atoms with Crippen molar-refractivity contribution in [3.8, 4) is 0 Å². The molecule has 3 N–H and O–H groups in total. The van der Waals surface area contributed by atoms with Crippen LogP contribution in [0.15, 0.2) is 18.2 Å². The van der Waals surface area contributed by atoms with Crippen molar-refractivity contribution in [2.75, 3.05) is 13.2 Å². The van der Waals surface area contributed by atoms with Crippen LogP contribution < -0.4 is 5.32 Å². The highest BCUT2D eigenvalue weighted by molar-refractivity contribution is 5.32. The standard InChI is InChI=1S/C13H21NO2/c1-9-4-5-13(10(2)6-9)11(3)14-7-12(16)8-15/h4-6,11-12,14-16H,7-8H2,1-3H3. The number of benzene rings is 1. The second-order valence-electron chi connectivity index (χ2n) is 4.33. The van der Waals surface area contributed by atoms with Crippen LogP contribution in [-0.4, -0.2) is 29.5 Å². The summed E-state index contributed by atoms with van der Waals surface area (Å²) in [5.74, 6) is 0. The quantitative estimate of drug-likeness (QED) is 0.705. The highest BCUT2D eigenvalue weighted by Gasteiger charge is 2.09. The summed E-state index contributed by atoms with van der Waals surface area (Å²) in [5, 5.41) is 21.2. The number of nitrogens with one attached hydrogen (secondary N) is 1. The van der Waals surface area contributed by atoms with E-state index in [9.17, 15) is 5.11 Å². The number of aryl methyl sites for hydroxylation is 2. The lowest BCUT2D eigenvalue weighted by molar-refractivity contribution is 0.0923. The number of hydrogen-bond donors (Lipinski definition) is 3. The van der Waals surface area contributed by atoms with Crippen LogP contribution in [0.3, 0.4) is 0 Å². The van der Waals surface area contributed by atoms with E-state index >= 15 is 0 Å². The summed E-state index contributed by atoms with van der Waals surface area (Å²) in [4.78, 5) is 0. The van der Waals surface area contributed by atoms with E-state index in [1.807, 2.05) is 0 Å². The molecule has 0 aliphatic heterocycles. The van der Waals surface area contributed by atoms with Gasteiger partial charge in [-0.25, -0.2) is 0 Å². The fraction of sp³-hybridized carbons (Fsp3) is 0.538. The molecular formula is C13H21NO2. The van der Waals surface area contributed by atoms with Crippen molar-refractivity contribution in [2.24, 2.45) is 0 Å². The molecular weight excluding hydrogens is 202 g/mol. The molecule has 90 valence electrons. The van der Waals surface area contributed by atoms with Crippen LogP contribution in [0.5, 0.6) is 0 Å². The van der Waals surface area contributed by atoms with E-state index in [-0.39, 0.29) is 12.6 Å². The Bertz CT molecular complexity index is 339. The third-order valence-electron chi connectivity index (χ3n) is 2.76. The Kier molecular flexibility index (Phi) is 4.93. The van der Waals surface area contributed by atoms with E-state index in [0.717, 1.165) is 0 Å². The molecule has 0 aromatic heterocycles. The molecule has 1 aromatic rings. The largest absolute Gasteiger partial charge is 0.394 e. The molecule has 0 saturated carbocycles. The van der Waals surface area contributed by atoms with Gasteiger partial charge < -0.3 is 15.5 Å². The first kappa shape index (κ1) is 13.2. The van der Waals surface area contributed by atoms with Gasteiger partial charge in [-0.05, 0) is 31.9 Å². The van der Waals surface area contributed by atoms with E-state index in [1.54, 1.807) is 0 Å². The summed E-state index contributed by atoms with van der Waals surface area (Å²) in [7, 11) is 0. The minimum Gasteiger partial charge on any atom is -0.394 e. The van der Waals surface area contributed by atoms with Crippen LogP contribution in [0.1, 0.15) is 29.7 Å². The molecule has 0 saturated heterocycles. The SMILES string of the molecule is Cc1ccc(C(C)NCC(O)CO)c(C)c1. The Balaban J connectivity index is 2.62. The Morgan fingerprint density at radius 2 is 2.00 bits per heavy atom. The first-order chi connectivity index (χ1) is 7.54. The van der Waals surface area contributed by atoms with E-state index < -0.39 is 6.10 Å². The van der Waals surface area contributed by atoms with Crippen LogP contribution in [0.2, 0.25) is 0 Å². The zero-order chi connectivity index (χ0) is 12.1. The van der Waals surface area contributed by atoms with E-state index in [2.05, 4.69) is 44.3 Å². The second-order valence-corrected chi connectivity index (χ2v) is 4.33. The maximum Gasteiger partial charge on any atom is 0.0895 e. The van der Waals surface area contributed by atoms with Gasteiger partial charge in [-0.3, -0.25) is 0 Å². The molecule has 1 aromatic carbocycles. The smallest absolute Gasteiger partial charge is 0.0895 e. The van der Waals surface area contributed by atoms with Crippen molar-refractivity contribution < 1.29 is 10.2 Å². The van der Waals surface area contributed by atoms with Crippen molar-refractivity contribution in [2.45, 2.75) is 32.9 Å². The summed E-state index contributed by atoms with van der Waals surface area (Å²) >= 11 is 0. The number of aliphatic hydroxyl groups is 2. The predicted octanol–water partition coefficient (Wildman–Crippen LogP) is 1.31. The Morgan fingerprint density at radius 3 is 2.56 bits per heavy atom. The van der Waals surface area contributed by atoms with Crippen molar-refractivity contribution >= 4 is 0 Å². The molecule has 2 unspecified atom stereocenters. The molecule has 0 aliphatic carbocycles. The third-order valence-corrected chi connectivity index (χ3v) is 2.76. The second kappa shape index (κ2) is 5.99. The Morgan fingerprint density at radius 1 is 1.31 bits per heavy atom. The Labute approximate surface area is 97.1 Å². The fourth-order valence-corrected chi connectivity index (χ4v) is 1.80. The van der Waals surface area contributed by atoms with Gasteiger partial charge in [0.1, 0.15) is 0 Å². The van der Waals surface area contributed by atoms with Crippen LogP contribution >= 0.6 is 0 Å². The van der Waals surface area contributed by atoms with Crippen LogP contribution in [0.25, 0.3) is 0 Å². The lowest BCUT2D eigenvalue weighted by Crippen LogP contribution is -2.31. The summed E-state index contributed by atoms with van der Waals surface area (Å²) in [6.07, 6.45) is -0.687. The maximum absolute atomic E-state index is 9.25. The molecule has 0 fully saturated rings. The van der Waals surface area contributed by atoms with E-state index in [4.69, 9.17) is 5.11 Å². The molecule has 1 rings (SSSR count). The van der Waals surface area contributed by atoms with Crippen molar-refractivity contribution in [1.82, 2.24) is 5.32 Å². The number of hydrogen-bond acceptors (Lipinski definition) is 3. The molecule has 2 atom stereocenters. The molecule has 0 spiro atoms. The van der Waals surface area contributed by atoms with Gasteiger partial charge in [0.15, 0.2) is 0 Å². The molecule has 0 radical (unpaired) electrons.